The number of benzene rings is 1. The molecule has 1 aromatic rings. The van der Waals surface area contributed by atoms with Crippen LogP contribution in [0.3, 0.4) is 0 Å². The van der Waals surface area contributed by atoms with Crippen LogP contribution in [0.25, 0.3) is 0 Å². The van der Waals surface area contributed by atoms with Crippen LogP contribution in [0.2, 0.25) is 0 Å². The zero-order valence-electron chi connectivity index (χ0n) is 11.8. The molecule has 0 unspecified atom stereocenters. The van der Waals surface area contributed by atoms with E-state index in [-0.39, 0.29) is 17.5 Å². The summed E-state index contributed by atoms with van der Waals surface area (Å²) in [6.07, 6.45) is 0. The van der Waals surface area contributed by atoms with Crippen molar-refractivity contribution in [3.05, 3.63) is 30.1 Å². The summed E-state index contributed by atoms with van der Waals surface area (Å²) in [5, 5.41) is 2.72. The molecule has 2 rings (SSSR count). The minimum atomic E-state index is -0.321. The molecule has 0 aromatic heterocycles. The molecule has 114 valence electrons. The van der Waals surface area contributed by atoms with Gasteiger partial charge in [-0.1, -0.05) is 24.0 Å². The highest BCUT2D eigenvalue weighted by Gasteiger charge is 2.17. The molecule has 4 nitrogen and oxygen atoms in total. The van der Waals surface area contributed by atoms with Crippen molar-refractivity contribution in [1.82, 2.24) is 9.80 Å². The Morgan fingerprint density at radius 3 is 2.52 bits per heavy atom. The van der Waals surface area contributed by atoms with Gasteiger partial charge < -0.3 is 15.1 Å². The summed E-state index contributed by atoms with van der Waals surface area (Å²) in [6, 6.07) is 5.71. The van der Waals surface area contributed by atoms with Gasteiger partial charge in [-0.15, -0.1) is 0 Å². The van der Waals surface area contributed by atoms with E-state index in [0.717, 1.165) is 30.5 Å². The van der Waals surface area contributed by atoms with Crippen LogP contribution in [0.4, 0.5) is 10.1 Å². The smallest absolute Gasteiger partial charge is 0.234 e. The summed E-state index contributed by atoms with van der Waals surface area (Å²) in [7, 11) is 2.09. The van der Waals surface area contributed by atoms with Crippen LogP contribution in [-0.4, -0.2) is 59.0 Å². The van der Waals surface area contributed by atoms with Crippen LogP contribution in [0.1, 0.15) is 0 Å². The summed E-state index contributed by atoms with van der Waals surface area (Å²) in [5.41, 5.74) is 0.590. The summed E-state index contributed by atoms with van der Waals surface area (Å²) in [4.78, 5) is 16.2. The first-order valence-corrected chi connectivity index (χ1v) is 8.09. The van der Waals surface area contributed by atoms with Gasteiger partial charge in [-0.05, 0) is 31.3 Å². The summed E-state index contributed by atoms with van der Waals surface area (Å²) >= 11 is 6.72. The molecule has 1 aromatic carbocycles. The maximum Gasteiger partial charge on any atom is 0.234 e. The Labute approximate surface area is 133 Å². The number of nitrogens with zero attached hydrogens (tertiary/aromatic N) is 2. The first-order valence-electron chi connectivity index (χ1n) is 6.70. The number of amides is 1. The third kappa shape index (κ3) is 5.26. The third-order valence-electron chi connectivity index (χ3n) is 3.22. The Kier molecular flexibility index (Phi) is 5.96. The molecule has 1 heterocycles. The monoisotopic (exact) mass is 327 g/mol. The second kappa shape index (κ2) is 7.72. The van der Waals surface area contributed by atoms with Gasteiger partial charge in [0.15, 0.2) is 0 Å². The van der Waals surface area contributed by atoms with Crippen molar-refractivity contribution < 1.29 is 9.18 Å². The van der Waals surface area contributed by atoms with Crippen molar-refractivity contribution in [1.29, 1.82) is 0 Å². The zero-order valence-corrected chi connectivity index (χ0v) is 13.5. The van der Waals surface area contributed by atoms with Gasteiger partial charge in [0, 0.05) is 31.9 Å². The Morgan fingerprint density at radius 1 is 1.29 bits per heavy atom. The lowest BCUT2D eigenvalue weighted by Gasteiger charge is -2.33. The molecule has 7 heteroatoms. The molecule has 0 atom stereocenters. The van der Waals surface area contributed by atoms with Crippen molar-refractivity contribution in [2.45, 2.75) is 0 Å². The molecular formula is C14H18FN3OS2. The van der Waals surface area contributed by atoms with Crippen molar-refractivity contribution in [3.8, 4) is 0 Å². The maximum atomic E-state index is 12.8. The van der Waals surface area contributed by atoms with Crippen LogP contribution < -0.4 is 5.32 Å². The van der Waals surface area contributed by atoms with Gasteiger partial charge in [0.25, 0.3) is 0 Å². The average Bonchev–Trinajstić information content (AvgIpc) is 2.48. The highest BCUT2D eigenvalue weighted by molar-refractivity contribution is 8.23. The minimum Gasteiger partial charge on any atom is -0.355 e. The quantitative estimate of drug-likeness (QED) is 0.860. The van der Waals surface area contributed by atoms with E-state index >= 15 is 0 Å². The van der Waals surface area contributed by atoms with E-state index in [1.54, 1.807) is 0 Å². The number of hydrogen-bond acceptors (Lipinski definition) is 4. The number of halogens is 1. The minimum absolute atomic E-state index is 0.136. The van der Waals surface area contributed by atoms with Gasteiger partial charge in [0.2, 0.25) is 5.91 Å². The standard InChI is InChI=1S/C14H18FN3OS2/c1-17-6-8-18(9-7-17)14(20)21-10-13(19)16-12-4-2-11(15)3-5-12/h2-5H,6-10H2,1H3,(H,16,19). The number of carbonyl (C=O) groups is 1. The Morgan fingerprint density at radius 2 is 1.90 bits per heavy atom. The van der Waals surface area contributed by atoms with Crippen molar-refractivity contribution >= 4 is 39.9 Å². The van der Waals surface area contributed by atoms with E-state index in [1.807, 2.05) is 0 Å². The number of thioether (sulfide) groups is 1. The van der Waals surface area contributed by atoms with Crippen LogP contribution in [-0.2, 0) is 4.79 Å². The van der Waals surface area contributed by atoms with E-state index in [9.17, 15) is 9.18 Å². The number of carbonyl (C=O) groups excluding carboxylic acids is 1. The van der Waals surface area contributed by atoms with Crippen molar-refractivity contribution in [2.24, 2.45) is 0 Å². The van der Waals surface area contributed by atoms with Crippen LogP contribution in [0.15, 0.2) is 24.3 Å². The zero-order chi connectivity index (χ0) is 15.2. The second-order valence-corrected chi connectivity index (χ2v) is 6.51. The van der Waals surface area contributed by atoms with Crippen LogP contribution >= 0.6 is 24.0 Å². The van der Waals surface area contributed by atoms with E-state index in [2.05, 4.69) is 22.2 Å². The molecule has 0 radical (unpaired) electrons. The lowest BCUT2D eigenvalue weighted by molar-refractivity contribution is -0.113. The normalized spacial score (nSPS) is 15.8. The Balaban J connectivity index is 1.73. The highest BCUT2D eigenvalue weighted by atomic mass is 32.2. The van der Waals surface area contributed by atoms with Gasteiger partial charge >= 0.3 is 0 Å². The molecule has 0 saturated carbocycles. The van der Waals surface area contributed by atoms with E-state index in [4.69, 9.17) is 12.2 Å². The SMILES string of the molecule is CN1CCN(C(=S)SCC(=O)Nc2ccc(F)cc2)CC1. The topological polar surface area (TPSA) is 35.6 Å². The Bertz CT molecular complexity index is 501. The van der Waals surface area contributed by atoms with Gasteiger partial charge in [-0.25, -0.2) is 4.39 Å². The Hall–Kier alpha value is -1.18. The van der Waals surface area contributed by atoms with Crippen LogP contribution in [0, 0.1) is 5.82 Å². The lowest BCUT2D eigenvalue weighted by atomic mass is 10.3. The number of nitrogens with one attached hydrogen (secondary N) is 1. The lowest BCUT2D eigenvalue weighted by Crippen LogP contribution is -2.46. The van der Waals surface area contributed by atoms with Gasteiger partial charge in [0.1, 0.15) is 10.1 Å². The number of piperazine rings is 1. The highest BCUT2D eigenvalue weighted by Crippen LogP contribution is 2.13. The van der Waals surface area contributed by atoms with E-state index in [1.165, 1.54) is 36.0 Å². The number of anilines is 1. The van der Waals surface area contributed by atoms with Gasteiger partial charge in [-0.2, -0.15) is 0 Å². The molecular weight excluding hydrogens is 309 g/mol. The second-order valence-electron chi connectivity index (χ2n) is 4.90. The summed E-state index contributed by atoms with van der Waals surface area (Å²) in [5.74, 6) is -0.190. The van der Waals surface area contributed by atoms with Crippen molar-refractivity contribution in [3.63, 3.8) is 0 Å². The number of hydrogen-bond donors (Lipinski definition) is 1. The molecule has 21 heavy (non-hydrogen) atoms. The van der Waals surface area contributed by atoms with Crippen LogP contribution in [0.5, 0.6) is 0 Å². The van der Waals surface area contributed by atoms with Gasteiger partial charge in [0.05, 0.1) is 5.75 Å². The maximum absolute atomic E-state index is 12.8. The molecule has 1 N–H and O–H groups in total. The predicted molar refractivity (Wildman–Crippen MR) is 89.2 cm³/mol. The molecule has 1 amide bonds. The van der Waals surface area contributed by atoms with E-state index in [0.29, 0.717) is 5.69 Å². The summed E-state index contributed by atoms with van der Waals surface area (Å²) < 4.78 is 13.5. The third-order valence-corrected chi connectivity index (χ3v) is 4.74. The first kappa shape index (κ1) is 16.2. The average molecular weight is 327 g/mol. The molecule has 1 aliphatic rings. The molecule has 1 saturated heterocycles. The van der Waals surface area contributed by atoms with E-state index < -0.39 is 0 Å². The molecule has 0 bridgehead atoms. The first-order chi connectivity index (χ1) is 10.0. The fourth-order valence-corrected chi connectivity index (χ4v) is 2.99. The van der Waals surface area contributed by atoms with Gasteiger partial charge in [-0.3, -0.25) is 4.79 Å². The molecule has 1 aliphatic heterocycles. The fraction of sp³-hybridized carbons (Fsp3) is 0.429. The number of likely N-dealkylation sites (N-methyl/N-ethyl adjacent to an activating group) is 1. The largest absolute Gasteiger partial charge is 0.355 e. The summed E-state index contributed by atoms with van der Waals surface area (Å²) in [6.45, 7) is 3.79. The molecule has 0 spiro atoms. The predicted octanol–water partition coefficient (Wildman–Crippen LogP) is 2.03. The number of thiocarbonyl (C=S) groups is 1. The number of rotatable bonds is 3. The molecule has 0 aliphatic carbocycles. The van der Waals surface area contributed by atoms with Crippen molar-refractivity contribution in [2.75, 3.05) is 44.3 Å². The fourth-order valence-electron chi connectivity index (χ4n) is 1.94. The molecule has 1 fully saturated rings.